The van der Waals surface area contributed by atoms with Gasteiger partial charge in [0.05, 0.1) is 23.5 Å². The molecule has 8 nitrogen and oxygen atoms in total. The van der Waals surface area contributed by atoms with Crippen LogP contribution in [0.25, 0.3) is 0 Å². The predicted molar refractivity (Wildman–Crippen MR) is 133 cm³/mol. The number of fused-ring (bicyclic) bond motifs is 1. The van der Waals surface area contributed by atoms with E-state index in [0.717, 1.165) is 38.5 Å². The Morgan fingerprint density at radius 2 is 1.81 bits per heavy atom. The average Bonchev–Trinajstić information content (AvgIpc) is 3.61. The topological polar surface area (TPSA) is 97.0 Å². The Hall–Kier alpha value is -2.71. The van der Waals surface area contributed by atoms with E-state index in [0.29, 0.717) is 18.8 Å². The van der Waals surface area contributed by atoms with E-state index >= 15 is 0 Å². The maximum Gasteiger partial charge on any atom is 0.246 e. The second kappa shape index (κ2) is 8.99. The van der Waals surface area contributed by atoms with E-state index in [1.807, 2.05) is 49.4 Å². The fourth-order valence-corrected chi connectivity index (χ4v) is 7.10. The van der Waals surface area contributed by atoms with Crippen molar-refractivity contribution in [3.63, 3.8) is 0 Å². The molecule has 6 atom stereocenters. The Kier molecular flexibility index (Phi) is 5.91. The van der Waals surface area contributed by atoms with Crippen LogP contribution in [0.4, 0.5) is 5.69 Å². The molecule has 0 unspecified atom stereocenters. The summed E-state index contributed by atoms with van der Waals surface area (Å²) >= 11 is 0. The zero-order valence-electron chi connectivity index (χ0n) is 20.8. The van der Waals surface area contributed by atoms with Crippen molar-refractivity contribution < 1.29 is 23.9 Å². The maximum atomic E-state index is 14.1. The van der Waals surface area contributed by atoms with E-state index in [1.54, 1.807) is 4.90 Å². The lowest BCUT2D eigenvalue weighted by molar-refractivity contribution is -0.145. The third-order valence-electron chi connectivity index (χ3n) is 8.74. The van der Waals surface area contributed by atoms with Crippen LogP contribution < -0.4 is 10.6 Å². The number of anilines is 1. The van der Waals surface area contributed by atoms with Gasteiger partial charge in [0.2, 0.25) is 17.7 Å². The van der Waals surface area contributed by atoms with Crippen molar-refractivity contribution in [3.05, 3.63) is 42.5 Å². The molecule has 1 saturated carbocycles. The lowest BCUT2D eigenvalue weighted by Gasteiger charge is -2.35. The minimum atomic E-state index is -1.16. The number of carbonyl (C=O) groups excluding carboxylic acids is 3. The summed E-state index contributed by atoms with van der Waals surface area (Å²) in [6, 6.07) is 8.51. The summed E-state index contributed by atoms with van der Waals surface area (Å²) in [7, 11) is 0. The number of carbonyl (C=O) groups is 3. The summed E-state index contributed by atoms with van der Waals surface area (Å²) in [4.78, 5) is 43.2. The molecule has 1 aromatic carbocycles. The Bertz CT molecular complexity index is 1060. The van der Waals surface area contributed by atoms with Crippen molar-refractivity contribution in [2.75, 3.05) is 18.5 Å². The van der Waals surface area contributed by atoms with E-state index < -0.39 is 29.1 Å². The molecular formula is C28H35N3O5. The molecule has 8 heteroatoms. The predicted octanol–water partition coefficient (Wildman–Crippen LogP) is 2.79. The number of ether oxygens (including phenoxy) is 2. The molecule has 0 aromatic heterocycles. The van der Waals surface area contributed by atoms with Crippen molar-refractivity contribution in [2.24, 2.45) is 11.8 Å². The normalized spacial score (nSPS) is 37.4. The van der Waals surface area contributed by atoms with E-state index in [-0.39, 0.29) is 29.9 Å². The first kappa shape index (κ1) is 23.7. The Balaban J connectivity index is 1.33. The average molecular weight is 494 g/mol. The summed E-state index contributed by atoms with van der Waals surface area (Å²) in [5, 5.41) is 6.21. The van der Waals surface area contributed by atoms with Gasteiger partial charge in [-0.2, -0.15) is 0 Å². The van der Waals surface area contributed by atoms with Gasteiger partial charge < -0.3 is 25.0 Å². The van der Waals surface area contributed by atoms with Crippen LogP contribution in [0.1, 0.15) is 51.9 Å². The molecule has 4 aliphatic heterocycles. The Morgan fingerprint density at radius 3 is 2.53 bits per heavy atom. The summed E-state index contributed by atoms with van der Waals surface area (Å²) in [5.74, 6) is -2.16. The first-order chi connectivity index (χ1) is 17.4. The van der Waals surface area contributed by atoms with Gasteiger partial charge in [-0.1, -0.05) is 49.6 Å². The molecule has 1 aliphatic carbocycles. The largest absolute Gasteiger partial charge is 0.376 e. The first-order valence-electron chi connectivity index (χ1n) is 13.4. The number of benzene rings is 1. The minimum absolute atomic E-state index is 0.108. The van der Waals surface area contributed by atoms with Crippen molar-refractivity contribution in [3.8, 4) is 0 Å². The fraction of sp³-hybridized carbons (Fsp3) is 0.607. The van der Waals surface area contributed by atoms with Gasteiger partial charge in [0, 0.05) is 24.9 Å². The molecule has 192 valence electrons. The fourth-order valence-electron chi connectivity index (χ4n) is 7.10. The zero-order chi connectivity index (χ0) is 24.9. The van der Waals surface area contributed by atoms with Gasteiger partial charge >= 0.3 is 0 Å². The first-order valence-corrected chi connectivity index (χ1v) is 13.4. The molecule has 3 amide bonds. The molecule has 2 bridgehead atoms. The number of hydrogen-bond donors (Lipinski definition) is 2. The summed E-state index contributed by atoms with van der Waals surface area (Å²) < 4.78 is 12.4. The third kappa shape index (κ3) is 3.77. The van der Waals surface area contributed by atoms with E-state index in [1.165, 1.54) is 6.42 Å². The van der Waals surface area contributed by atoms with Crippen LogP contribution in [-0.2, 0) is 23.9 Å². The SMILES string of the molecule is C[C@]12C=C[C@@]3(O1)[C@H](C(=O)N(C[C@@H]1CCCO1)[C@@H]3C(=O)NC1CCCCC1)[C@@H]2C(=O)Nc1ccccc1. The molecule has 3 saturated heterocycles. The third-order valence-corrected chi connectivity index (χ3v) is 8.74. The van der Waals surface area contributed by atoms with Gasteiger partial charge in [0.1, 0.15) is 11.6 Å². The highest BCUT2D eigenvalue weighted by atomic mass is 16.5. The van der Waals surface area contributed by atoms with Crippen LogP contribution in [0.3, 0.4) is 0 Å². The number of nitrogens with zero attached hydrogens (tertiary/aromatic N) is 1. The van der Waals surface area contributed by atoms with Crippen LogP contribution in [-0.4, -0.2) is 65.2 Å². The molecule has 4 fully saturated rings. The monoisotopic (exact) mass is 493 g/mol. The Labute approximate surface area is 211 Å². The number of amides is 3. The van der Waals surface area contributed by atoms with Gasteiger partial charge in [-0.3, -0.25) is 14.4 Å². The summed E-state index contributed by atoms with van der Waals surface area (Å²) in [6.45, 7) is 2.84. The van der Waals surface area contributed by atoms with E-state index in [9.17, 15) is 14.4 Å². The number of para-hydroxylation sites is 1. The molecule has 36 heavy (non-hydrogen) atoms. The molecule has 1 aromatic rings. The molecular weight excluding hydrogens is 458 g/mol. The molecule has 4 heterocycles. The van der Waals surface area contributed by atoms with Crippen molar-refractivity contribution >= 4 is 23.4 Å². The highest BCUT2D eigenvalue weighted by molar-refractivity contribution is 6.03. The smallest absolute Gasteiger partial charge is 0.246 e. The zero-order valence-corrected chi connectivity index (χ0v) is 20.8. The molecule has 2 N–H and O–H groups in total. The quantitative estimate of drug-likeness (QED) is 0.594. The van der Waals surface area contributed by atoms with Crippen LogP contribution in [0.2, 0.25) is 0 Å². The highest BCUT2D eigenvalue weighted by Gasteiger charge is 2.76. The minimum Gasteiger partial charge on any atom is -0.376 e. The van der Waals surface area contributed by atoms with Gasteiger partial charge in [-0.25, -0.2) is 0 Å². The van der Waals surface area contributed by atoms with E-state index in [4.69, 9.17) is 9.47 Å². The Morgan fingerprint density at radius 1 is 1.03 bits per heavy atom. The molecule has 0 radical (unpaired) electrons. The summed E-state index contributed by atoms with van der Waals surface area (Å²) in [5.41, 5.74) is -1.46. The second-order valence-electron chi connectivity index (χ2n) is 11.2. The van der Waals surface area contributed by atoms with Gasteiger partial charge in [0.25, 0.3) is 0 Å². The number of nitrogens with one attached hydrogen (secondary N) is 2. The van der Waals surface area contributed by atoms with Crippen LogP contribution in [0, 0.1) is 11.8 Å². The molecule has 5 aliphatic rings. The number of hydrogen-bond acceptors (Lipinski definition) is 5. The molecule has 1 spiro atoms. The number of likely N-dealkylation sites (tertiary alicyclic amines) is 1. The second-order valence-corrected chi connectivity index (χ2v) is 11.2. The lowest BCUT2D eigenvalue weighted by Crippen LogP contribution is -2.57. The number of rotatable bonds is 6. The van der Waals surface area contributed by atoms with Crippen molar-refractivity contribution in [1.29, 1.82) is 0 Å². The van der Waals surface area contributed by atoms with E-state index in [2.05, 4.69) is 10.6 Å². The van der Waals surface area contributed by atoms with Crippen molar-refractivity contribution in [1.82, 2.24) is 10.2 Å². The van der Waals surface area contributed by atoms with Gasteiger partial charge in [0.15, 0.2) is 0 Å². The maximum absolute atomic E-state index is 14.1. The lowest BCUT2D eigenvalue weighted by atomic mass is 9.70. The van der Waals surface area contributed by atoms with Gasteiger partial charge in [-0.15, -0.1) is 0 Å². The molecule has 6 rings (SSSR count). The standard InChI is InChI=1S/C28H35N3O5/c1-27-14-15-28(36-27)22(21(27)24(32)29-18-9-4-2-5-10-18)26(34)31(17-20-13-8-16-35-20)23(28)25(33)30-19-11-6-3-7-12-19/h2,4-5,9-10,14-15,19-23H,3,6-8,11-13,16-17H2,1H3,(H,29,32)(H,30,33)/t20-,21+,22-,23+,27+,28+/m0/s1. The summed E-state index contributed by atoms with van der Waals surface area (Å²) in [6.07, 6.45) is 10.7. The van der Waals surface area contributed by atoms with Gasteiger partial charge in [-0.05, 0) is 44.7 Å². The van der Waals surface area contributed by atoms with Crippen LogP contribution in [0.5, 0.6) is 0 Å². The van der Waals surface area contributed by atoms with Crippen LogP contribution >= 0.6 is 0 Å². The van der Waals surface area contributed by atoms with Crippen LogP contribution in [0.15, 0.2) is 42.5 Å². The highest BCUT2D eigenvalue weighted by Crippen LogP contribution is 2.60. The van der Waals surface area contributed by atoms with Crippen molar-refractivity contribution in [2.45, 2.75) is 81.3 Å².